The second-order valence-electron chi connectivity index (χ2n) is 4.54. The summed E-state index contributed by atoms with van der Waals surface area (Å²) in [7, 11) is 0. The molecule has 1 amide bonds. The maximum atomic E-state index is 11.5. The lowest BCUT2D eigenvalue weighted by atomic mass is 10.0. The lowest BCUT2D eigenvalue weighted by Crippen LogP contribution is -2.50. The molecule has 1 atom stereocenters. The van der Waals surface area contributed by atoms with Gasteiger partial charge in [0.25, 0.3) is 0 Å². The van der Waals surface area contributed by atoms with Gasteiger partial charge in [-0.1, -0.05) is 0 Å². The predicted molar refractivity (Wildman–Crippen MR) is 55.5 cm³/mol. The van der Waals surface area contributed by atoms with E-state index in [9.17, 15) is 9.59 Å². The van der Waals surface area contributed by atoms with E-state index in [1.54, 1.807) is 0 Å². The molecule has 0 aromatic heterocycles. The molecule has 5 nitrogen and oxygen atoms in total. The quantitative estimate of drug-likeness (QED) is 0.614. The summed E-state index contributed by atoms with van der Waals surface area (Å²) in [6, 6.07) is 0. The van der Waals surface area contributed by atoms with Crippen molar-refractivity contribution in [2.75, 3.05) is 13.1 Å². The van der Waals surface area contributed by atoms with Gasteiger partial charge in [-0.05, 0) is 39.3 Å². The topological polar surface area (TPSA) is 78.4 Å². The Labute approximate surface area is 89.2 Å². The number of aliphatic carboxylic acids is 1. The minimum Gasteiger partial charge on any atom is -0.480 e. The fraction of sp³-hybridized carbons (Fsp3) is 0.800. The fourth-order valence-corrected chi connectivity index (χ4v) is 1.60. The predicted octanol–water partition coefficient (Wildman–Crippen LogP) is -0.0346. The van der Waals surface area contributed by atoms with Crippen molar-refractivity contribution in [3.05, 3.63) is 0 Å². The molecule has 15 heavy (non-hydrogen) atoms. The van der Waals surface area contributed by atoms with Crippen LogP contribution in [0.5, 0.6) is 0 Å². The Morgan fingerprint density at radius 3 is 2.67 bits per heavy atom. The highest BCUT2D eigenvalue weighted by Gasteiger charge is 2.30. The SMILES string of the molecule is CC(C)(NC(=O)CC1CCNC1)C(=O)O. The van der Waals surface area contributed by atoms with Crippen LogP contribution in [0.2, 0.25) is 0 Å². The van der Waals surface area contributed by atoms with Gasteiger partial charge in [-0.25, -0.2) is 4.79 Å². The fourth-order valence-electron chi connectivity index (χ4n) is 1.60. The molecule has 0 aliphatic carbocycles. The molecule has 0 saturated carbocycles. The van der Waals surface area contributed by atoms with Crippen LogP contribution in [0, 0.1) is 5.92 Å². The van der Waals surface area contributed by atoms with Crippen LogP contribution in [0.4, 0.5) is 0 Å². The van der Waals surface area contributed by atoms with Crippen molar-refractivity contribution in [2.24, 2.45) is 5.92 Å². The summed E-state index contributed by atoms with van der Waals surface area (Å²) in [6.45, 7) is 4.77. The van der Waals surface area contributed by atoms with Crippen molar-refractivity contribution in [1.82, 2.24) is 10.6 Å². The van der Waals surface area contributed by atoms with Gasteiger partial charge in [0.2, 0.25) is 5.91 Å². The van der Waals surface area contributed by atoms with E-state index >= 15 is 0 Å². The van der Waals surface area contributed by atoms with Crippen molar-refractivity contribution >= 4 is 11.9 Å². The molecule has 1 aliphatic rings. The Hall–Kier alpha value is -1.10. The smallest absolute Gasteiger partial charge is 0.328 e. The van der Waals surface area contributed by atoms with Crippen LogP contribution in [0.1, 0.15) is 26.7 Å². The van der Waals surface area contributed by atoms with Crippen LogP contribution in [0.3, 0.4) is 0 Å². The van der Waals surface area contributed by atoms with Gasteiger partial charge in [0.1, 0.15) is 5.54 Å². The summed E-state index contributed by atoms with van der Waals surface area (Å²) in [5.74, 6) is -0.855. The molecule has 1 fully saturated rings. The average Bonchev–Trinajstić information content (AvgIpc) is 2.54. The van der Waals surface area contributed by atoms with E-state index in [1.165, 1.54) is 13.8 Å². The van der Waals surface area contributed by atoms with E-state index in [1.807, 2.05) is 0 Å². The van der Waals surface area contributed by atoms with Crippen molar-refractivity contribution in [2.45, 2.75) is 32.2 Å². The van der Waals surface area contributed by atoms with E-state index in [2.05, 4.69) is 10.6 Å². The maximum absolute atomic E-state index is 11.5. The molecular weight excluding hydrogens is 196 g/mol. The first kappa shape index (κ1) is 12.0. The Bertz CT molecular complexity index is 257. The van der Waals surface area contributed by atoms with E-state index in [0.717, 1.165) is 19.5 Å². The van der Waals surface area contributed by atoms with Crippen LogP contribution < -0.4 is 10.6 Å². The highest BCUT2D eigenvalue weighted by molar-refractivity contribution is 5.86. The highest BCUT2D eigenvalue weighted by Crippen LogP contribution is 2.13. The van der Waals surface area contributed by atoms with Gasteiger partial charge in [0.15, 0.2) is 0 Å². The zero-order chi connectivity index (χ0) is 11.5. The molecule has 0 bridgehead atoms. The average molecular weight is 214 g/mol. The summed E-state index contributed by atoms with van der Waals surface area (Å²) in [5, 5.41) is 14.5. The summed E-state index contributed by atoms with van der Waals surface area (Å²) in [5.41, 5.74) is -1.18. The number of carbonyl (C=O) groups is 2. The van der Waals surface area contributed by atoms with E-state index in [0.29, 0.717) is 12.3 Å². The van der Waals surface area contributed by atoms with Gasteiger partial charge >= 0.3 is 5.97 Å². The first-order valence-electron chi connectivity index (χ1n) is 5.17. The lowest BCUT2D eigenvalue weighted by Gasteiger charge is -2.21. The summed E-state index contributed by atoms with van der Waals surface area (Å²) < 4.78 is 0. The third-order valence-electron chi connectivity index (χ3n) is 2.62. The molecule has 0 aromatic rings. The summed E-state index contributed by atoms with van der Waals surface area (Å²) in [4.78, 5) is 22.3. The zero-order valence-electron chi connectivity index (χ0n) is 9.17. The van der Waals surface area contributed by atoms with Gasteiger partial charge in [0, 0.05) is 6.42 Å². The van der Waals surface area contributed by atoms with Crippen LogP contribution in [0.15, 0.2) is 0 Å². The number of carboxylic acids is 1. The third kappa shape index (κ3) is 3.51. The molecule has 0 spiro atoms. The molecule has 0 aromatic carbocycles. The molecule has 3 N–H and O–H groups in total. The number of rotatable bonds is 4. The minimum absolute atomic E-state index is 0.184. The zero-order valence-corrected chi connectivity index (χ0v) is 9.17. The Morgan fingerprint density at radius 2 is 2.20 bits per heavy atom. The third-order valence-corrected chi connectivity index (χ3v) is 2.62. The molecule has 1 saturated heterocycles. The molecule has 0 radical (unpaired) electrons. The van der Waals surface area contributed by atoms with Gasteiger partial charge in [-0.3, -0.25) is 4.79 Å². The Morgan fingerprint density at radius 1 is 1.53 bits per heavy atom. The first-order chi connectivity index (χ1) is 6.92. The largest absolute Gasteiger partial charge is 0.480 e. The van der Waals surface area contributed by atoms with Crippen molar-refractivity contribution in [3.63, 3.8) is 0 Å². The Balaban J connectivity index is 2.38. The number of hydrogen-bond acceptors (Lipinski definition) is 3. The van der Waals surface area contributed by atoms with E-state index < -0.39 is 11.5 Å². The summed E-state index contributed by atoms with van der Waals surface area (Å²) in [6.07, 6.45) is 1.39. The van der Waals surface area contributed by atoms with Crippen molar-refractivity contribution < 1.29 is 14.7 Å². The Kier molecular flexibility index (Phi) is 3.68. The molecule has 1 rings (SSSR count). The number of hydrogen-bond donors (Lipinski definition) is 3. The van der Waals surface area contributed by atoms with E-state index in [-0.39, 0.29) is 5.91 Å². The van der Waals surface area contributed by atoms with Gasteiger partial charge in [-0.2, -0.15) is 0 Å². The second kappa shape index (κ2) is 4.61. The second-order valence-corrected chi connectivity index (χ2v) is 4.54. The van der Waals surface area contributed by atoms with Gasteiger partial charge in [0.05, 0.1) is 0 Å². The minimum atomic E-state index is -1.18. The molecule has 1 aliphatic heterocycles. The van der Waals surface area contributed by atoms with Crippen molar-refractivity contribution in [3.8, 4) is 0 Å². The highest BCUT2D eigenvalue weighted by atomic mass is 16.4. The summed E-state index contributed by atoms with van der Waals surface area (Å²) >= 11 is 0. The number of carboxylic acid groups (broad SMARTS) is 1. The van der Waals surface area contributed by atoms with Crippen molar-refractivity contribution in [1.29, 1.82) is 0 Å². The maximum Gasteiger partial charge on any atom is 0.328 e. The standard InChI is InChI=1S/C10H18N2O3/c1-10(2,9(14)15)12-8(13)5-7-3-4-11-6-7/h7,11H,3-6H2,1-2H3,(H,12,13)(H,14,15). The van der Waals surface area contributed by atoms with Crippen LogP contribution in [-0.4, -0.2) is 35.6 Å². The normalized spacial score (nSPS) is 21.3. The monoisotopic (exact) mass is 214 g/mol. The van der Waals surface area contributed by atoms with Gasteiger partial charge < -0.3 is 15.7 Å². The molecule has 86 valence electrons. The van der Waals surface area contributed by atoms with E-state index in [4.69, 9.17) is 5.11 Å². The molecular formula is C10H18N2O3. The first-order valence-corrected chi connectivity index (χ1v) is 5.17. The molecule has 5 heteroatoms. The number of amides is 1. The number of nitrogens with one attached hydrogen (secondary N) is 2. The van der Waals surface area contributed by atoms with Crippen LogP contribution in [-0.2, 0) is 9.59 Å². The van der Waals surface area contributed by atoms with Gasteiger partial charge in [-0.15, -0.1) is 0 Å². The lowest BCUT2D eigenvalue weighted by molar-refractivity contribution is -0.146. The molecule has 1 unspecified atom stereocenters. The number of carbonyl (C=O) groups excluding carboxylic acids is 1. The van der Waals surface area contributed by atoms with Crippen LogP contribution >= 0.6 is 0 Å². The molecule has 1 heterocycles. The van der Waals surface area contributed by atoms with Crippen LogP contribution in [0.25, 0.3) is 0 Å².